The van der Waals surface area contributed by atoms with Gasteiger partial charge in [-0.3, -0.25) is 4.90 Å². The van der Waals surface area contributed by atoms with E-state index in [2.05, 4.69) is 22.9 Å². The number of aryl methyl sites for hydroxylation is 1. The van der Waals surface area contributed by atoms with E-state index in [1.807, 2.05) is 13.0 Å². The molecule has 2 saturated heterocycles. The van der Waals surface area contributed by atoms with Gasteiger partial charge < -0.3 is 14.4 Å². The van der Waals surface area contributed by atoms with E-state index in [-0.39, 0.29) is 0 Å². The second-order valence-corrected chi connectivity index (χ2v) is 8.42. The number of hydrogen-bond acceptors (Lipinski definition) is 6. The maximum atomic E-state index is 6.12. The van der Waals surface area contributed by atoms with Crippen LogP contribution in [0.4, 0.5) is 0 Å². The molecule has 1 aromatic heterocycles. The van der Waals surface area contributed by atoms with Crippen LogP contribution < -0.4 is 9.47 Å². The topological polar surface area (TPSA) is 50.7 Å². The number of likely N-dealkylation sites (tertiary alicyclic amines) is 2. The van der Waals surface area contributed by atoms with Gasteiger partial charge in [0.05, 0.1) is 31.0 Å². The van der Waals surface area contributed by atoms with Crippen LogP contribution in [0, 0.1) is 6.92 Å². The summed E-state index contributed by atoms with van der Waals surface area (Å²) in [5.74, 6) is 2.37. The van der Waals surface area contributed by atoms with Gasteiger partial charge in [-0.15, -0.1) is 0 Å². The maximum Gasteiger partial charge on any atom is 0.163 e. The van der Waals surface area contributed by atoms with Gasteiger partial charge in [0.2, 0.25) is 0 Å². The van der Waals surface area contributed by atoms with Crippen LogP contribution >= 0.6 is 0 Å². The summed E-state index contributed by atoms with van der Waals surface area (Å²) in [4.78, 5) is 14.5. The highest BCUT2D eigenvalue weighted by Gasteiger charge is 2.25. The molecule has 2 aliphatic rings. The van der Waals surface area contributed by atoms with Crippen molar-refractivity contribution in [3.8, 4) is 11.5 Å². The Morgan fingerprint density at radius 3 is 2.59 bits per heavy atom. The summed E-state index contributed by atoms with van der Waals surface area (Å²) in [7, 11) is 3.90. The lowest BCUT2D eigenvalue weighted by Gasteiger charge is -2.32. The van der Waals surface area contributed by atoms with E-state index in [9.17, 15) is 0 Å². The lowest BCUT2D eigenvalue weighted by atomic mass is 9.97. The van der Waals surface area contributed by atoms with Crippen molar-refractivity contribution >= 4 is 10.9 Å². The van der Waals surface area contributed by atoms with E-state index in [4.69, 9.17) is 19.4 Å². The van der Waals surface area contributed by atoms with Gasteiger partial charge in [-0.25, -0.2) is 9.97 Å². The van der Waals surface area contributed by atoms with Crippen molar-refractivity contribution in [1.82, 2.24) is 19.8 Å². The van der Waals surface area contributed by atoms with E-state index in [1.54, 1.807) is 7.11 Å². The van der Waals surface area contributed by atoms with E-state index in [0.29, 0.717) is 12.6 Å². The number of benzene rings is 1. The zero-order chi connectivity index (χ0) is 20.2. The highest BCUT2D eigenvalue weighted by molar-refractivity contribution is 5.85. The molecule has 2 aliphatic heterocycles. The minimum atomic E-state index is 0.338. The van der Waals surface area contributed by atoms with Gasteiger partial charge >= 0.3 is 0 Å². The van der Waals surface area contributed by atoms with Crippen LogP contribution in [0.3, 0.4) is 0 Å². The lowest BCUT2D eigenvalue weighted by Crippen LogP contribution is -2.30. The quantitative estimate of drug-likeness (QED) is 0.658. The molecule has 158 valence electrons. The SMILES string of the molecule is COc1cc2c(C3CCCCN3C)nc(C)nc2cc1OCCCN1CCCC1. The molecule has 1 aromatic carbocycles. The summed E-state index contributed by atoms with van der Waals surface area (Å²) in [5, 5.41) is 1.08. The van der Waals surface area contributed by atoms with Gasteiger partial charge in [0.25, 0.3) is 0 Å². The fraction of sp³-hybridized carbons (Fsp3) is 0.652. The molecule has 2 fully saturated rings. The van der Waals surface area contributed by atoms with Crippen LogP contribution in [-0.2, 0) is 0 Å². The largest absolute Gasteiger partial charge is 0.493 e. The molecule has 3 heterocycles. The minimum Gasteiger partial charge on any atom is -0.493 e. The third-order valence-corrected chi connectivity index (χ3v) is 6.28. The lowest BCUT2D eigenvalue weighted by molar-refractivity contribution is 0.184. The van der Waals surface area contributed by atoms with Gasteiger partial charge in [-0.1, -0.05) is 6.42 Å². The first-order valence-electron chi connectivity index (χ1n) is 11.1. The number of nitrogens with zero attached hydrogens (tertiary/aromatic N) is 4. The van der Waals surface area contributed by atoms with Crippen molar-refractivity contribution in [2.24, 2.45) is 0 Å². The van der Waals surface area contributed by atoms with Gasteiger partial charge in [0.1, 0.15) is 5.82 Å². The molecule has 0 saturated carbocycles. The average Bonchev–Trinajstić information content (AvgIpc) is 3.24. The molecule has 0 aliphatic carbocycles. The second kappa shape index (κ2) is 9.26. The Hall–Kier alpha value is -1.92. The van der Waals surface area contributed by atoms with Crippen LogP contribution in [0.15, 0.2) is 12.1 Å². The molecule has 0 radical (unpaired) electrons. The van der Waals surface area contributed by atoms with Crippen molar-refractivity contribution in [3.63, 3.8) is 0 Å². The molecule has 0 N–H and O–H groups in total. The molecular weight excluding hydrogens is 364 g/mol. The first kappa shape index (κ1) is 20.4. The molecule has 6 nitrogen and oxygen atoms in total. The van der Waals surface area contributed by atoms with Crippen molar-refractivity contribution in [1.29, 1.82) is 0 Å². The van der Waals surface area contributed by atoms with E-state index in [0.717, 1.165) is 59.9 Å². The number of aromatic nitrogens is 2. The zero-order valence-corrected chi connectivity index (χ0v) is 18.1. The Kier molecular flexibility index (Phi) is 6.50. The first-order valence-corrected chi connectivity index (χ1v) is 11.1. The van der Waals surface area contributed by atoms with Crippen molar-refractivity contribution in [2.75, 3.05) is 46.9 Å². The Balaban J connectivity index is 1.56. The summed E-state index contributed by atoms with van der Waals surface area (Å²) in [6, 6.07) is 4.44. The highest BCUT2D eigenvalue weighted by atomic mass is 16.5. The van der Waals surface area contributed by atoms with Crippen molar-refractivity contribution in [3.05, 3.63) is 23.7 Å². The second-order valence-electron chi connectivity index (χ2n) is 8.42. The Labute approximate surface area is 174 Å². The van der Waals surface area contributed by atoms with Crippen LogP contribution in [0.2, 0.25) is 0 Å². The normalized spacial score (nSPS) is 21.0. The number of ether oxygens (including phenoxy) is 2. The zero-order valence-electron chi connectivity index (χ0n) is 18.1. The predicted octanol–water partition coefficient (Wildman–Crippen LogP) is 3.97. The Morgan fingerprint density at radius 1 is 1.03 bits per heavy atom. The third-order valence-electron chi connectivity index (χ3n) is 6.28. The third kappa shape index (κ3) is 4.64. The molecule has 0 amide bonds. The van der Waals surface area contributed by atoms with Crippen LogP contribution in [0.5, 0.6) is 11.5 Å². The molecule has 1 atom stereocenters. The molecule has 2 aromatic rings. The van der Waals surface area contributed by atoms with Gasteiger partial charge in [-0.2, -0.15) is 0 Å². The smallest absolute Gasteiger partial charge is 0.163 e. The average molecular weight is 399 g/mol. The molecule has 6 heteroatoms. The molecule has 0 bridgehead atoms. The summed E-state index contributed by atoms with van der Waals surface area (Å²) in [5.41, 5.74) is 2.07. The fourth-order valence-electron chi connectivity index (χ4n) is 4.70. The van der Waals surface area contributed by atoms with Crippen LogP contribution in [0.1, 0.15) is 56.1 Å². The predicted molar refractivity (Wildman–Crippen MR) is 116 cm³/mol. The number of hydrogen-bond donors (Lipinski definition) is 0. The van der Waals surface area contributed by atoms with Crippen LogP contribution in [-0.4, -0.2) is 66.7 Å². The number of methoxy groups -OCH3 is 1. The maximum absolute atomic E-state index is 6.12. The van der Waals surface area contributed by atoms with Crippen LogP contribution in [0.25, 0.3) is 10.9 Å². The minimum absolute atomic E-state index is 0.338. The summed E-state index contributed by atoms with van der Waals surface area (Å²) in [6.45, 7) is 7.36. The molecule has 4 rings (SSSR count). The van der Waals surface area contributed by atoms with E-state index >= 15 is 0 Å². The van der Waals surface area contributed by atoms with E-state index < -0.39 is 0 Å². The fourth-order valence-corrected chi connectivity index (χ4v) is 4.70. The monoisotopic (exact) mass is 398 g/mol. The Morgan fingerprint density at radius 2 is 1.83 bits per heavy atom. The summed E-state index contributed by atoms with van der Waals surface area (Å²) < 4.78 is 11.8. The van der Waals surface area contributed by atoms with Crippen molar-refractivity contribution < 1.29 is 9.47 Å². The summed E-state index contributed by atoms with van der Waals surface area (Å²) >= 11 is 0. The molecule has 29 heavy (non-hydrogen) atoms. The number of fused-ring (bicyclic) bond motifs is 1. The highest BCUT2D eigenvalue weighted by Crippen LogP contribution is 2.37. The number of rotatable bonds is 7. The molecule has 0 spiro atoms. The van der Waals surface area contributed by atoms with Gasteiger partial charge in [0, 0.05) is 18.0 Å². The van der Waals surface area contributed by atoms with E-state index in [1.165, 1.54) is 38.8 Å². The van der Waals surface area contributed by atoms with Gasteiger partial charge in [-0.05, 0) is 71.8 Å². The molecule has 1 unspecified atom stereocenters. The first-order chi connectivity index (χ1) is 14.2. The summed E-state index contributed by atoms with van der Waals surface area (Å²) in [6.07, 6.45) is 7.33. The van der Waals surface area contributed by atoms with Crippen molar-refractivity contribution in [2.45, 2.75) is 51.5 Å². The standard InChI is InChI=1S/C23H34N4O2/c1-17-24-19-16-22(29-14-8-13-27-11-6-7-12-27)21(28-3)15-18(19)23(25-17)20-9-4-5-10-26(20)2/h15-16,20H,4-14H2,1-3H3. The Bertz CT molecular complexity index is 835. The van der Waals surface area contributed by atoms with Gasteiger partial charge in [0.15, 0.2) is 11.5 Å². The number of piperidine rings is 1. The molecular formula is C23H34N4O2.